The summed E-state index contributed by atoms with van der Waals surface area (Å²) >= 11 is 0. The molecule has 2 N–H and O–H groups in total. The van der Waals surface area contributed by atoms with Crippen LogP contribution in [-0.4, -0.2) is 62.7 Å². The van der Waals surface area contributed by atoms with E-state index in [4.69, 9.17) is 9.47 Å². The van der Waals surface area contributed by atoms with E-state index in [9.17, 15) is 9.59 Å². The Kier molecular flexibility index (Phi) is 6.74. The lowest BCUT2D eigenvalue weighted by molar-refractivity contribution is -0.122. The highest BCUT2D eigenvalue weighted by atomic mass is 16.5. The monoisotopic (exact) mass is 452 g/mol. The van der Waals surface area contributed by atoms with Crippen molar-refractivity contribution >= 4 is 23.2 Å². The van der Waals surface area contributed by atoms with Crippen LogP contribution in [0.25, 0.3) is 0 Å². The second kappa shape index (κ2) is 9.70. The third-order valence-corrected chi connectivity index (χ3v) is 6.14. The highest BCUT2D eigenvalue weighted by Crippen LogP contribution is 2.40. The zero-order valence-corrected chi connectivity index (χ0v) is 19.7. The molecular weight excluding hydrogens is 420 g/mol. The lowest BCUT2D eigenvalue weighted by Crippen LogP contribution is -2.46. The molecule has 0 aromatic heterocycles. The molecule has 8 heteroatoms. The average molecular weight is 453 g/mol. The molecule has 8 nitrogen and oxygen atoms in total. The Balaban J connectivity index is 1.43. The second-order valence-electron chi connectivity index (χ2n) is 8.50. The molecule has 1 unspecified atom stereocenters. The Hall–Kier alpha value is -3.26. The first-order valence-corrected chi connectivity index (χ1v) is 11.5. The molecule has 2 aromatic rings. The summed E-state index contributed by atoms with van der Waals surface area (Å²) in [4.78, 5) is 28.7. The summed E-state index contributed by atoms with van der Waals surface area (Å²) in [6.45, 7) is 10.6. The van der Waals surface area contributed by atoms with Gasteiger partial charge in [0.05, 0.1) is 12.3 Å². The number of amides is 2. The molecule has 0 aliphatic carbocycles. The summed E-state index contributed by atoms with van der Waals surface area (Å²) in [6, 6.07) is 9.86. The number of carbonyl (C=O) groups excluding carboxylic acids is 2. The minimum atomic E-state index is -0.537. The molecule has 2 aliphatic rings. The summed E-state index contributed by atoms with van der Waals surface area (Å²) in [5.74, 6) is 1.06. The number of benzene rings is 2. The number of anilines is 2. The van der Waals surface area contributed by atoms with Gasteiger partial charge in [-0.3, -0.25) is 14.5 Å². The van der Waals surface area contributed by atoms with E-state index in [2.05, 4.69) is 20.4 Å². The fourth-order valence-electron chi connectivity index (χ4n) is 4.39. The van der Waals surface area contributed by atoms with Gasteiger partial charge < -0.3 is 25.0 Å². The quantitative estimate of drug-likeness (QED) is 0.701. The van der Waals surface area contributed by atoms with E-state index in [1.54, 1.807) is 14.0 Å². The molecule has 2 amide bonds. The van der Waals surface area contributed by atoms with E-state index in [0.717, 1.165) is 43.9 Å². The highest BCUT2D eigenvalue weighted by molar-refractivity contribution is 5.98. The Morgan fingerprint density at radius 2 is 1.97 bits per heavy atom. The summed E-state index contributed by atoms with van der Waals surface area (Å²) in [5, 5.41) is 5.61. The molecule has 0 saturated carbocycles. The van der Waals surface area contributed by atoms with Crippen LogP contribution in [0, 0.1) is 6.92 Å². The summed E-state index contributed by atoms with van der Waals surface area (Å²) in [6.07, 6.45) is -0.537. The van der Waals surface area contributed by atoms with Gasteiger partial charge in [-0.25, -0.2) is 0 Å². The van der Waals surface area contributed by atoms with Crippen molar-refractivity contribution in [3.05, 3.63) is 47.0 Å². The smallest absolute Gasteiger partial charge is 0.265 e. The van der Waals surface area contributed by atoms with E-state index in [1.165, 1.54) is 5.69 Å². The van der Waals surface area contributed by atoms with E-state index < -0.39 is 6.10 Å². The Morgan fingerprint density at radius 3 is 2.64 bits per heavy atom. The Labute approximate surface area is 194 Å². The van der Waals surface area contributed by atoms with Gasteiger partial charge in [-0.1, -0.05) is 0 Å². The number of nitrogens with one attached hydrogen (secondary N) is 2. The lowest BCUT2D eigenvalue weighted by atomic mass is 10.1. The van der Waals surface area contributed by atoms with Crippen molar-refractivity contribution < 1.29 is 19.1 Å². The molecular formula is C25H32N4O4. The van der Waals surface area contributed by atoms with Gasteiger partial charge in [-0.05, 0) is 62.2 Å². The van der Waals surface area contributed by atoms with Crippen molar-refractivity contribution in [2.45, 2.75) is 33.4 Å². The number of carbonyl (C=O) groups is 2. The molecule has 1 atom stereocenters. The molecule has 1 fully saturated rings. The van der Waals surface area contributed by atoms with Crippen LogP contribution in [0.5, 0.6) is 11.5 Å². The molecule has 0 spiro atoms. The fraction of sp³-hybridized carbons (Fsp3) is 0.440. The molecule has 33 heavy (non-hydrogen) atoms. The van der Waals surface area contributed by atoms with Crippen LogP contribution in [0.1, 0.15) is 35.3 Å². The van der Waals surface area contributed by atoms with Gasteiger partial charge in [0.15, 0.2) is 17.6 Å². The van der Waals surface area contributed by atoms with Gasteiger partial charge in [0.1, 0.15) is 0 Å². The summed E-state index contributed by atoms with van der Waals surface area (Å²) in [5.41, 5.74) is 4.70. The summed E-state index contributed by atoms with van der Waals surface area (Å²) in [7, 11) is 1.64. The maximum atomic E-state index is 12.1. The molecule has 176 valence electrons. The van der Waals surface area contributed by atoms with Crippen molar-refractivity contribution in [3.63, 3.8) is 0 Å². The number of ether oxygens (including phenoxy) is 2. The highest BCUT2D eigenvalue weighted by Gasteiger charge is 2.28. The molecule has 4 rings (SSSR count). The van der Waals surface area contributed by atoms with Gasteiger partial charge in [0.25, 0.3) is 11.8 Å². The van der Waals surface area contributed by atoms with Gasteiger partial charge in [-0.2, -0.15) is 0 Å². The number of piperazine rings is 1. The minimum absolute atomic E-state index is 0.0676. The third kappa shape index (κ3) is 4.90. The van der Waals surface area contributed by atoms with Crippen molar-refractivity contribution in [1.29, 1.82) is 0 Å². The van der Waals surface area contributed by atoms with Crippen LogP contribution in [0.3, 0.4) is 0 Å². The van der Waals surface area contributed by atoms with Crippen LogP contribution < -0.4 is 25.0 Å². The van der Waals surface area contributed by atoms with Crippen LogP contribution in [-0.2, 0) is 11.3 Å². The molecule has 1 saturated heterocycles. The predicted molar refractivity (Wildman–Crippen MR) is 128 cm³/mol. The van der Waals surface area contributed by atoms with E-state index >= 15 is 0 Å². The largest absolute Gasteiger partial charge is 0.490 e. The van der Waals surface area contributed by atoms with Gasteiger partial charge in [-0.15, -0.1) is 0 Å². The molecule has 0 bridgehead atoms. The molecule has 2 aromatic carbocycles. The van der Waals surface area contributed by atoms with Crippen LogP contribution in [0.15, 0.2) is 30.3 Å². The average Bonchev–Trinajstić information content (AvgIpc) is 2.80. The number of nitrogens with zero attached hydrogens (tertiary/aromatic N) is 2. The molecule has 0 radical (unpaired) electrons. The maximum Gasteiger partial charge on any atom is 0.265 e. The van der Waals surface area contributed by atoms with Crippen LogP contribution in [0.2, 0.25) is 0 Å². The number of aryl methyl sites for hydroxylation is 1. The van der Waals surface area contributed by atoms with Crippen LogP contribution >= 0.6 is 0 Å². The first-order chi connectivity index (χ1) is 15.9. The first-order valence-electron chi connectivity index (χ1n) is 11.5. The van der Waals surface area contributed by atoms with Gasteiger partial charge >= 0.3 is 0 Å². The van der Waals surface area contributed by atoms with E-state index in [0.29, 0.717) is 29.4 Å². The van der Waals surface area contributed by atoms with E-state index in [1.807, 2.05) is 44.2 Å². The second-order valence-corrected chi connectivity index (χ2v) is 8.50. The van der Waals surface area contributed by atoms with E-state index in [-0.39, 0.29) is 11.8 Å². The van der Waals surface area contributed by atoms with Crippen molar-refractivity contribution in [2.75, 3.05) is 50.1 Å². The normalized spacial score (nSPS) is 18.2. The Morgan fingerprint density at radius 1 is 1.21 bits per heavy atom. The Bertz CT molecular complexity index is 1050. The first kappa shape index (κ1) is 22.9. The standard InChI is InChI=1S/C25H32N4O4/c1-5-32-22-14-18(13-20-23(22)33-17(3)24(30)27-20)15-28-8-10-29(11-9-28)21-7-6-19(12-16(21)2)25(31)26-4/h6-7,12-14,17H,5,8-11,15H2,1-4H3,(H,26,31)(H,27,30). The number of rotatable bonds is 6. The zero-order valence-electron chi connectivity index (χ0n) is 19.7. The number of fused-ring (bicyclic) bond motifs is 1. The number of hydrogen-bond acceptors (Lipinski definition) is 6. The maximum absolute atomic E-state index is 12.1. The van der Waals surface area contributed by atoms with Crippen molar-refractivity contribution in [3.8, 4) is 11.5 Å². The van der Waals surface area contributed by atoms with Gasteiger partial charge in [0.2, 0.25) is 0 Å². The third-order valence-electron chi connectivity index (χ3n) is 6.14. The van der Waals surface area contributed by atoms with Crippen LogP contribution in [0.4, 0.5) is 11.4 Å². The predicted octanol–water partition coefficient (Wildman–Crippen LogP) is 2.79. The topological polar surface area (TPSA) is 83.1 Å². The lowest BCUT2D eigenvalue weighted by Gasteiger charge is -2.37. The summed E-state index contributed by atoms with van der Waals surface area (Å²) < 4.78 is 11.6. The number of hydrogen-bond donors (Lipinski definition) is 2. The zero-order chi connectivity index (χ0) is 23.5. The van der Waals surface area contributed by atoms with Gasteiger partial charge in [0, 0.05) is 51.0 Å². The van der Waals surface area contributed by atoms with Crippen molar-refractivity contribution in [2.24, 2.45) is 0 Å². The molecule has 2 heterocycles. The SMILES string of the molecule is CCOc1cc(CN2CCN(c3ccc(C(=O)NC)cc3C)CC2)cc2c1OC(C)C(=O)N2. The molecule has 2 aliphatic heterocycles. The fourth-order valence-corrected chi connectivity index (χ4v) is 4.39. The van der Waals surface area contributed by atoms with Crippen molar-refractivity contribution in [1.82, 2.24) is 10.2 Å². The minimum Gasteiger partial charge on any atom is -0.490 e.